The molecule has 0 bridgehead atoms. The van der Waals surface area contributed by atoms with Crippen LogP contribution < -0.4 is 0 Å². The van der Waals surface area contributed by atoms with Gasteiger partial charge >= 0.3 is 0 Å². The van der Waals surface area contributed by atoms with E-state index in [1.165, 1.54) is 0 Å². The van der Waals surface area contributed by atoms with Gasteiger partial charge in [0.1, 0.15) is 12.1 Å². The van der Waals surface area contributed by atoms with E-state index in [0.29, 0.717) is 25.2 Å². The van der Waals surface area contributed by atoms with Crippen LogP contribution in [-0.4, -0.2) is 12.1 Å². The lowest BCUT2D eigenvalue weighted by Gasteiger charge is -2.33. The van der Waals surface area contributed by atoms with E-state index in [1.54, 1.807) is 6.08 Å². The minimum atomic E-state index is -0.737. The highest BCUT2D eigenvalue weighted by molar-refractivity contribution is 5.98. The molecule has 2 heteroatoms. The molecule has 0 aromatic heterocycles. The third kappa shape index (κ3) is 1.87. The summed E-state index contributed by atoms with van der Waals surface area (Å²) in [7, 11) is 0. The molecule has 0 N–H and O–H groups in total. The Morgan fingerprint density at radius 1 is 1.69 bits per heavy atom. The predicted molar refractivity (Wildman–Crippen MR) is 51.3 cm³/mol. The van der Waals surface area contributed by atoms with Gasteiger partial charge in [-0.1, -0.05) is 13.0 Å². The molecule has 0 aromatic rings. The van der Waals surface area contributed by atoms with Gasteiger partial charge in [-0.15, -0.1) is 6.58 Å². The molecular weight excluding hydrogens is 164 g/mol. The van der Waals surface area contributed by atoms with Crippen LogP contribution in [0.2, 0.25) is 0 Å². The van der Waals surface area contributed by atoms with Crippen molar-refractivity contribution >= 4 is 12.1 Å². The van der Waals surface area contributed by atoms with Crippen LogP contribution in [0.1, 0.15) is 32.6 Å². The summed E-state index contributed by atoms with van der Waals surface area (Å²) in [6.07, 6.45) is 5.16. The fourth-order valence-electron chi connectivity index (χ4n) is 2.08. The fourth-order valence-corrected chi connectivity index (χ4v) is 2.08. The van der Waals surface area contributed by atoms with Gasteiger partial charge in [0, 0.05) is 6.42 Å². The molecular formula is C11H16O2. The highest BCUT2D eigenvalue weighted by atomic mass is 16.1. The van der Waals surface area contributed by atoms with Gasteiger partial charge in [-0.25, -0.2) is 0 Å². The van der Waals surface area contributed by atoms with Gasteiger partial charge in [-0.2, -0.15) is 0 Å². The van der Waals surface area contributed by atoms with E-state index >= 15 is 0 Å². The van der Waals surface area contributed by atoms with Crippen LogP contribution in [0.5, 0.6) is 0 Å². The molecule has 0 saturated heterocycles. The summed E-state index contributed by atoms with van der Waals surface area (Å²) < 4.78 is 0. The number of hydrogen-bond donors (Lipinski definition) is 0. The first-order valence-corrected chi connectivity index (χ1v) is 4.75. The van der Waals surface area contributed by atoms with E-state index in [9.17, 15) is 9.59 Å². The molecule has 0 aromatic carbocycles. The molecule has 0 radical (unpaired) electrons. The van der Waals surface area contributed by atoms with Gasteiger partial charge in [-0.3, -0.25) is 4.79 Å². The summed E-state index contributed by atoms with van der Waals surface area (Å²) in [6.45, 7) is 5.69. The highest BCUT2D eigenvalue weighted by Crippen LogP contribution is 2.37. The van der Waals surface area contributed by atoms with Crippen molar-refractivity contribution in [3.05, 3.63) is 12.7 Å². The minimum Gasteiger partial charge on any atom is -0.302 e. The zero-order chi connectivity index (χ0) is 9.90. The van der Waals surface area contributed by atoms with Crippen LogP contribution in [0.25, 0.3) is 0 Å². The van der Waals surface area contributed by atoms with Gasteiger partial charge in [0.2, 0.25) is 0 Å². The maximum atomic E-state index is 11.6. The average Bonchev–Trinajstić information content (AvgIpc) is 2.12. The van der Waals surface area contributed by atoms with Crippen LogP contribution in [0.3, 0.4) is 0 Å². The van der Waals surface area contributed by atoms with Gasteiger partial charge in [-0.05, 0) is 25.2 Å². The lowest BCUT2D eigenvalue weighted by molar-refractivity contribution is -0.138. The van der Waals surface area contributed by atoms with E-state index in [0.717, 1.165) is 12.7 Å². The van der Waals surface area contributed by atoms with Crippen molar-refractivity contribution in [1.82, 2.24) is 0 Å². The second kappa shape index (κ2) is 3.86. The molecule has 1 aliphatic rings. The Morgan fingerprint density at radius 2 is 2.38 bits per heavy atom. The number of aldehydes is 1. The van der Waals surface area contributed by atoms with Crippen molar-refractivity contribution < 1.29 is 9.59 Å². The van der Waals surface area contributed by atoms with Crippen LogP contribution in [0, 0.1) is 11.3 Å². The third-order valence-corrected chi connectivity index (χ3v) is 2.87. The van der Waals surface area contributed by atoms with Crippen molar-refractivity contribution in [2.45, 2.75) is 32.6 Å². The molecule has 13 heavy (non-hydrogen) atoms. The Morgan fingerprint density at radius 3 is 2.92 bits per heavy atom. The SMILES string of the molecule is C=CCC1(C=O)CC(C)CCC1=O. The first-order valence-electron chi connectivity index (χ1n) is 4.75. The minimum absolute atomic E-state index is 0.0977. The van der Waals surface area contributed by atoms with Crippen LogP contribution in [-0.2, 0) is 9.59 Å². The zero-order valence-corrected chi connectivity index (χ0v) is 8.08. The Labute approximate surface area is 79.0 Å². The molecule has 0 spiro atoms. The first-order chi connectivity index (χ1) is 6.14. The van der Waals surface area contributed by atoms with Crippen LogP contribution in [0.4, 0.5) is 0 Å². The maximum absolute atomic E-state index is 11.6. The first kappa shape index (κ1) is 10.2. The Kier molecular flexibility index (Phi) is 3.02. The number of carbonyl (C=O) groups excluding carboxylic acids is 2. The molecule has 2 unspecified atom stereocenters. The number of hydrogen-bond acceptors (Lipinski definition) is 2. The molecule has 1 fully saturated rings. The molecule has 2 nitrogen and oxygen atoms in total. The Balaban J connectivity index is 2.85. The highest BCUT2D eigenvalue weighted by Gasteiger charge is 2.40. The number of allylic oxidation sites excluding steroid dienone is 1. The summed E-state index contributed by atoms with van der Waals surface area (Å²) in [5.41, 5.74) is -0.737. The van der Waals surface area contributed by atoms with E-state index in [1.807, 2.05) is 0 Å². The van der Waals surface area contributed by atoms with E-state index in [4.69, 9.17) is 0 Å². The van der Waals surface area contributed by atoms with Crippen molar-refractivity contribution in [3.63, 3.8) is 0 Å². The van der Waals surface area contributed by atoms with Gasteiger partial charge < -0.3 is 4.79 Å². The fraction of sp³-hybridized carbons (Fsp3) is 0.636. The zero-order valence-electron chi connectivity index (χ0n) is 8.08. The average molecular weight is 180 g/mol. The van der Waals surface area contributed by atoms with Crippen molar-refractivity contribution in [1.29, 1.82) is 0 Å². The lowest BCUT2D eigenvalue weighted by atomic mass is 9.68. The molecule has 1 aliphatic carbocycles. The number of carbonyl (C=O) groups is 2. The summed E-state index contributed by atoms with van der Waals surface area (Å²) >= 11 is 0. The second-order valence-electron chi connectivity index (χ2n) is 4.04. The molecule has 0 aliphatic heterocycles. The number of rotatable bonds is 3. The second-order valence-corrected chi connectivity index (χ2v) is 4.04. The van der Waals surface area contributed by atoms with E-state index in [2.05, 4.69) is 13.5 Å². The largest absolute Gasteiger partial charge is 0.302 e. The molecule has 72 valence electrons. The van der Waals surface area contributed by atoms with E-state index < -0.39 is 5.41 Å². The monoisotopic (exact) mass is 180 g/mol. The van der Waals surface area contributed by atoms with Crippen molar-refractivity contribution in [3.8, 4) is 0 Å². The van der Waals surface area contributed by atoms with Gasteiger partial charge in [0.25, 0.3) is 0 Å². The lowest BCUT2D eigenvalue weighted by Crippen LogP contribution is -2.38. The third-order valence-electron chi connectivity index (χ3n) is 2.87. The number of Topliss-reactive ketones (excluding diaryl/α,β-unsaturated/α-hetero) is 1. The molecule has 1 rings (SSSR count). The molecule has 0 amide bonds. The topological polar surface area (TPSA) is 34.1 Å². The summed E-state index contributed by atoms with van der Waals surface area (Å²) in [5.74, 6) is 0.573. The summed E-state index contributed by atoms with van der Waals surface area (Å²) in [5, 5.41) is 0. The van der Waals surface area contributed by atoms with Crippen molar-refractivity contribution in [2.75, 3.05) is 0 Å². The summed E-state index contributed by atoms with van der Waals surface area (Å²) in [4.78, 5) is 22.6. The van der Waals surface area contributed by atoms with Crippen LogP contribution in [0.15, 0.2) is 12.7 Å². The van der Waals surface area contributed by atoms with E-state index in [-0.39, 0.29) is 5.78 Å². The number of ketones is 1. The maximum Gasteiger partial charge on any atom is 0.146 e. The van der Waals surface area contributed by atoms with Crippen LogP contribution >= 0.6 is 0 Å². The quantitative estimate of drug-likeness (QED) is 0.379. The summed E-state index contributed by atoms with van der Waals surface area (Å²) in [6, 6.07) is 0. The smallest absolute Gasteiger partial charge is 0.146 e. The molecule has 0 heterocycles. The predicted octanol–water partition coefficient (Wildman–Crippen LogP) is 2.14. The standard InChI is InChI=1S/C11H16O2/c1-3-6-11(8-12)7-9(2)4-5-10(11)13/h3,8-9H,1,4-7H2,2H3. The van der Waals surface area contributed by atoms with Crippen molar-refractivity contribution in [2.24, 2.45) is 11.3 Å². The van der Waals surface area contributed by atoms with Gasteiger partial charge in [0.05, 0.1) is 5.41 Å². The normalized spacial score (nSPS) is 34.2. The van der Waals surface area contributed by atoms with Gasteiger partial charge in [0.15, 0.2) is 0 Å². The Bertz CT molecular complexity index is 232. The molecule has 2 atom stereocenters. The molecule has 1 saturated carbocycles. The Hall–Kier alpha value is -0.920.